The van der Waals surface area contributed by atoms with Gasteiger partial charge in [-0.2, -0.15) is 0 Å². The van der Waals surface area contributed by atoms with Crippen LogP contribution in [0.4, 0.5) is 8.78 Å². The van der Waals surface area contributed by atoms with Gasteiger partial charge in [0.15, 0.2) is 17.4 Å². The van der Waals surface area contributed by atoms with E-state index in [1.807, 2.05) is 44.2 Å². The summed E-state index contributed by atoms with van der Waals surface area (Å²) in [5.41, 5.74) is 3.11. The number of rotatable bonds is 5. The number of carbonyl (C=O) groups excluding carboxylic acids is 2. The Hall–Kier alpha value is -3.28. The molecule has 0 unspecified atom stereocenters. The maximum Gasteiger partial charge on any atom is 0.336 e. The fourth-order valence-corrected chi connectivity index (χ4v) is 4.72. The molecule has 0 saturated carbocycles. The van der Waals surface area contributed by atoms with E-state index < -0.39 is 23.5 Å². The van der Waals surface area contributed by atoms with E-state index >= 15 is 0 Å². The van der Waals surface area contributed by atoms with Crippen molar-refractivity contribution in [1.82, 2.24) is 5.32 Å². The van der Waals surface area contributed by atoms with Crippen LogP contribution in [0.3, 0.4) is 0 Å². The topological polar surface area (TPSA) is 55.4 Å². The minimum absolute atomic E-state index is 0.106. The van der Waals surface area contributed by atoms with Crippen molar-refractivity contribution < 1.29 is 23.1 Å². The normalized spacial score (nSPS) is 19.8. The Bertz CT molecular complexity index is 1170. The van der Waals surface area contributed by atoms with Gasteiger partial charge >= 0.3 is 5.97 Å². The highest BCUT2D eigenvalue weighted by atomic mass is 19.2. The van der Waals surface area contributed by atoms with E-state index in [1.165, 1.54) is 6.07 Å². The van der Waals surface area contributed by atoms with Crippen LogP contribution in [0.1, 0.15) is 50.7 Å². The molecule has 0 fully saturated rings. The number of hydrogen-bond donors (Lipinski definition) is 1. The van der Waals surface area contributed by atoms with Crippen molar-refractivity contribution in [2.45, 2.75) is 46.0 Å². The molecule has 0 radical (unpaired) electrons. The first-order valence-electron chi connectivity index (χ1n) is 11.1. The van der Waals surface area contributed by atoms with Crippen LogP contribution in [0.5, 0.6) is 0 Å². The van der Waals surface area contributed by atoms with Crippen LogP contribution >= 0.6 is 0 Å². The van der Waals surface area contributed by atoms with Gasteiger partial charge in [0.1, 0.15) is 0 Å². The molecular weight excluding hydrogens is 424 g/mol. The molecule has 172 valence electrons. The second-order valence-electron chi connectivity index (χ2n) is 9.47. The van der Waals surface area contributed by atoms with E-state index in [0.29, 0.717) is 36.1 Å². The maximum atomic E-state index is 14.2. The Morgan fingerprint density at radius 1 is 1.09 bits per heavy atom. The van der Waals surface area contributed by atoms with Crippen LogP contribution in [-0.4, -0.2) is 18.4 Å². The Morgan fingerprint density at radius 2 is 1.82 bits per heavy atom. The number of halogens is 2. The molecule has 1 aliphatic heterocycles. The molecule has 1 aliphatic carbocycles. The van der Waals surface area contributed by atoms with Gasteiger partial charge in [0, 0.05) is 35.7 Å². The van der Waals surface area contributed by atoms with Gasteiger partial charge in [0.05, 0.1) is 12.2 Å². The zero-order valence-corrected chi connectivity index (χ0v) is 19.0. The minimum Gasteiger partial charge on any atom is -0.462 e. The molecule has 6 heteroatoms. The average molecular weight is 452 g/mol. The lowest BCUT2D eigenvalue weighted by Crippen LogP contribution is -2.38. The summed E-state index contributed by atoms with van der Waals surface area (Å²) < 4.78 is 33.4. The second-order valence-corrected chi connectivity index (χ2v) is 9.47. The van der Waals surface area contributed by atoms with Gasteiger partial charge in [-0.15, -0.1) is 0 Å². The predicted octanol–water partition coefficient (Wildman–Crippen LogP) is 5.35. The zero-order valence-electron chi connectivity index (χ0n) is 19.0. The number of ketones is 1. The lowest BCUT2D eigenvalue weighted by Gasteiger charge is -2.39. The Morgan fingerprint density at radius 3 is 2.52 bits per heavy atom. The SMILES string of the molecule is CC1=C(C(=O)OCCc2ccccc2)[C@H](c2ccc(F)c(F)c2)C2=C(CC(C)(C)CC2=O)N1. The lowest BCUT2D eigenvalue weighted by molar-refractivity contribution is -0.139. The summed E-state index contributed by atoms with van der Waals surface area (Å²) in [5.74, 6) is -3.50. The third-order valence-corrected chi connectivity index (χ3v) is 6.20. The second kappa shape index (κ2) is 8.93. The summed E-state index contributed by atoms with van der Waals surface area (Å²) in [4.78, 5) is 26.4. The summed E-state index contributed by atoms with van der Waals surface area (Å²) in [6.07, 6.45) is 1.47. The molecule has 2 aromatic rings. The standard InChI is InChI=1S/C27H27F2NO3/c1-16-23(26(32)33-12-11-17-7-5-4-6-8-17)24(18-9-10-19(28)20(29)13-18)25-21(30-16)14-27(2,3)15-22(25)31/h4-10,13,24,30H,11-12,14-15H2,1-3H3/t24-/m0/s1. The maximum absolute atomic E-state index is 14.2. The number of carbonyl (C=O) groups is 2. The zero-order chi connectivity index (χ0) is 23.8. The van der Waals surface area contributed by atoms with Crippen LogP contribution in [0, 0.1) is 17.0 Å². The van der Waals surface area contributed by atoms with Gasteiger partial charge in [-0.25, -0.2) is 13.6 Å². The van der Waals surface area contributed by atoms with E-state index in [9.17, 15) is 18.4 Å². The van der Waals surface area contributed by atoms with Crippen molar-refractivity contribution in [3.05, 3.63) is 93.8 Å². The molecule has 1 N–H and O–H groups in total. The number of ether oxygens (including phenoxy) is 1. The third kappa shape index (κ3) is 4.75. The number of esters is 1. The summed E-state index contributed by atoms with van der Waals surface area (Å²) >= 11 is 0. The van der Waals surface area contributed by atoms with Crippen molar-refractivity contribution in [3.8, 4) is 0 Å². The van der Waals surface area contributed by atoms with Crippen molar-refractivity contribution in [2.24, 2.45) is 5.41 Å². The highest BCUT2D eigenvalue weighted by Gasteiger charge is 2.43. The molecular formula is C27H27F2NO3. The molecule has 4 rings (SSSR count). The van der Waals surface area contributed by atoms with Gasteiger partial charge in [-0.3, -0.25) is 4.79 Å². The van der Waals surface area contributed by atoms with Gasteiger partial charge < -0.3 is 10.1 Å². The molecule has 0 amide bonds. The number of dihydropyridines is 1. The fraction of sp³-hybridized carbons (Fsp3) is 0.333. The van der Waals surface area contributed by atoms with Crippen molar-refractivity contribution in [3.63, 3.8) is 0 Å². The summed E-state index contributed by atoms with van der Waals surface area (Å²) in [6.45, 7) is 5.93. The van der Waals surface area contributed by atoms with E-state index in [-0.39, 0.29) is 23.4 Å². The Balaban J connectivity index is 1.69. The summed E-state index contributed by atoms with van der Waals surface area (Å²) in [7, 11) is 0. The molecule has 1 heterocycles. The molecule has 2 aliphatic rings. The van der Waals surface area contributed by atoms with Crippen LogP contribution < -0.4 is 5.32 Å². The van der Waals surface area contributed by atoms with Gasteiger partial charge in [0.25, 0.3) is 0 Å². The van der Waals surface area contributed by atoms with Crippen LogP contribution in [0.25, 0.3) is 0 Å². The van der Waals surface area contributed by atoms with Crippen LogP contribution in [0.2, 0.25) is 0 Å². The Kier molecular flexibility index (Phi) is 6.19. The molecule has 4 nitrogen and oxygen atoms in total. The monoisotopic (exact) mass is 451 g/mol. The molecule has 0 aromatic heterocycles. The first-order chi connectivity index (χ1) is 15.7. The van der Waals surface area contributed by atoms with Gasteiger partial charge in [0.2, 0.25) is 0 Å². The minimum atomic E-state index is -1.02. The average Bonchev–Trinajstić information content (AvgIpc) is 2.74. The van der Waals surface area contributed by atoms with Crippen LogP contribution in [0.15, 0.2) is 71.1 Å². The van der Waals surface area contributed by atoms with Gasteiger partial charge in [-0.05, 0) is 42.0 Å². The largest absolute Gasteiger partial charge is 0.462 e. The number of allylic oxidation sites excluding steroid dienone is 3. The summed E-state index contributed by atoms with van der Waals surface area (Å²) in [6, 6.07) is 13.2. The molecule has 1 atom stereocenters. The third-order valence-electron chi connectivity index (χ3n) is 6.20. The first kappa shape index (κ1) is 22.9. The Labute approximate surface area is 192 Å². The lowest BCUT2D eigenvalue weighted by atomic mass is 9.68. The molecule has 0 saturated heterocycles. The predicted molar refractivity (Wildman–Crippen MR) is 121 cm³/mol. The van der Waals surface area contributed by atoms with Crippen molar-refractivity contribution in [2.75, 3.05) is 6.61 Å². The van der Waals surface area contributed by atoms with Crippen molar-refractivity contribution in [1.29, 1.82) is 0 Å². The number of benzene rings is 2. The first-order valence-corrected chi connectivity index (χ1v) is 11.1. The van der Waals surface area contributed by atoms with E-state index in [2.05, 4.69) is 5.32 Å². The highest BCUT2D eigenvalue weighted by Crippen LogP contribution is 2.46. The fourth-order valence-electron chi connectivity index (χ4n) is 4.72. The van der Waals surface area contributed by atoms with E-state index in [0.717, 1.165) is 23.4 Å². The van der Waals surface area contributed by atoms with Crippen LogP contribution in [-0.2, 0) is 20.7 Å². The van der Waals surface area contributed by atoms with Crippen molar-refractivity contribution >= 4 is 11.8 Å². The molecule has 2 aromatic carbocycles. The quantitative estimate of drug-likeness (QED) is 0.623. The molecule has 0 bridgehead atoms. The van der Waals surface area contributed by atoms with Gasteiger partial charge in [-0.1, -0.05) is 50.2 Å². The van der Waals surface area contributed by atoms with E-state index in [1.54, 1.807) is 6.92 Å². The van der Waals surface area contributed by atoms with E-state index in [4.69, 9.17) is 4.74 Å². The molecule has 0 spiro atoms. The number of Topliss-reactive ketones (excluding diaryl/α,β-unsaturated/α-hetero) is 1. The number of nitrogens with one attached hydrogen (secondary N) is 1. The number of hydrogen-bond acceptors (Lipinski definition) is 4. The smallest absolute Gasteiger partial charge is 0.336 e. The summed E-state index contributed by atoms with van der Waals surface area (Å²) in [5, 5.41) is 3.24. The molecule has 33 heavy (non-hydrogen) atoms. The highest BCUT2D eigenvalue weighted by molar-refractivity contribution is 6.04.